The van der Waals surface area contributed by atoms with Gasteiger partial charge in [0.25, 0.3) is 0 Å². The monoisotopic (exact) mass is 327 g/mol. The summed E-state index contributed by atoms with van der Waals surface area (Å²) < 4.78 is 6.13. The van der Waals surface area contributed by atoms with Gasteiger partial charge in [0, 0.05) is 13.0 Å². The van der Waals surface area contributed by atoms with E-state index in [-0.39, 0.29) is 0 Å². The predicted octanol–water partition coefficient (Wildman–Crippen LogP) is 3.48. The lowest BCUT2D eigenvalue weighted by Crippen LogP contribution is -2.07. The van der Waals surface area contributed by atoms with Crippen LogP contribution in [0.3, 0.4) is 0 Å². The first-order chi connectivity index (χ1) is 10.0. The lowest BCUT2D eigenvalue weighted by molar-refractivity contribution is 0.360. The number of thioether (sulfide) groups is 1. The number of nitrogens with zero attached hydrogens (tertiary/aromatic N) is 4. The summed E-state index contributed by atoms with van der Waals surface area (Å²) >= 11 is 3.14. The Hall–Kier alpha value is -1.15. The summed E-state index contributed by atoms with van der Waals surface area (Å²) in [5.74, 6) is 3.17. The van der Waals surface area contributed by atoms with Crippen LogP contribution in [0.1, 0.15) is 39.4 Å². The molecule has 0 bridgehead atoms. The Morgan fingerprint density at radius 2 is 2.00 bits per heavy atom. The van der Waals surface area contributed by atoms with Crippen LogP contribution in [0, 0.1) is 11.8 Å². The van der Waals surface area contributed by atoms with Crippen molar-refractivity contribution in [3.05, 3.63) is 11.7 Å². The molecule has 0 saturated heterocycles. The van der Waals surface area contributed by atoms with Crippen LogP contribution < -0.4 is 5.32 Å². The summed E-state index contributed by atoms with van der Waals surface area (Å²) in [6, 6.07) is 0. The first-order valence-corrected chi connectivity index (χ1v) is 8.84. The van der Waals surface area contributed by atoms with Crippen LogP contribution in [-0.4, -0.2) is 26.9 Å². The molecule has 2 heterocycles. The number of hydrogen-bond acceptors (Lipinski definition) is 8. The van der Waals surface area contributed by atoms with E-state index in [1.165, 1.54) is 0 Å². The summed E-state index contributed by atoms with van der Waals surface area (Å²) in [5.41, 5.74) is 0. The molecule has 2 aromatic rings. The Bertz CT molecular complexity index is 552. The van der Waals surface area contributed by atoms with Crippen molar-refractivity contribution in [1.29, 1.82) is 0 Å². The van der Waals surface area contributed by atoms with Gasteiger partial charge in [0.05, 0.1) is 5.75 Å². The summed E-state index contributed by atoms with van der Waals surface area (Å²) in [6.45, 7) is 9.49. The van der Waals surface area contributed by atoms with E-state index in [0.29, 0.717) is 29.3 Å². The molecule has 116 valence electrons. The number of nitrogens with one attached hydrogen (secondary N) is 1. The average molecular weight is 327 g/mol. The Morgan fingerprint density at radius 1 is 1.19 bits per heavy atom. The fourth-order valence-electron chi connectivity index (χ4n) is 1.54. The quantitative estimate of drug-likeness (QED) is 0.744. The van der Waals surface area contributed by atoms with Gasteiger partial charge in [-0.1, -0.05) is 56.0 Å². The topological polar surface area (TPSA) is 76.7 Å². The third kappa shape index (κ3) is 5.62. The summed E-state index contributed by atoms with van der Waals surface area (Å²) in [7, 11) is 0. The second kappa shape index (κ2) is 7.74. The van der Waals surface area contributed by atoms with Gasteiger partial charge in [0.15, 0.2) is 10.2 Å². The number of aromatic nitrogens is 4. The SMILES string of the molecule is CC(C)CNc1nnc(SCc2noc(CC(C)C)n2)s1. The maximum atomic E-state index is 5.21. The largest absolute Gasteiger partial charge is 0.360 e. The van der Waals surface area contributed by atoms with E-state index in [2.05, 4.69) is 53.3 Å². The molecule has 0 aliphatic heterocycles. The number of anilines is 1. The first-order valence-electron chi connectivity index (χ1n) is 7.04. The molecule has 0 aliphatic carbocycles. The van der Waals surface area contributed by atoms with Crippen molar-refractivity contribution in [2.45, 2.75) is 44.2 Å². The molecule has 21 heavy (non-hydrogen) atoms. The smallest absolute Gasteiger partial charge is 0.226 e. The molecule has 6 nitrogen and oxygen atoms in total. The van der Waals surface area contributed by atoms with Crippen LogP contribution in [0.5, 0.6) is 0 Å². The molecule has 2 aromatic heterocycles. The second-order valence-corrected chi connectivity index (χ2v) is 7.84. The summed E-state index contributed by atoms with van der Waals surface area (Å²) in [5, 5.41) is 16.4. The maximum Gasteiger partial charge on any atom is 0.226 e. The van der Waals surface area contributed by atoms with Crippen molar-refractivity contribution < 1.29 is 4.52 Å². The zero-order chi connectivity index (χ0) is 15.2. The van der Waals surface area contributed by atoms with E-state index in [9.17, 15) is 0 Å². The van der Waals surface area contributed by atoms with E-state index < -0.39 is 0 Å². The van der Waals surface area contributed by atoms with Gasteiger partial charge in [-0.05, 0) is 11.8 Å². The highest BCUT2D eigenvalue weighted by Gasteiger charge is 2.10. The minimum absolute atomic E-state index is 0.517. The molecular formula is C13H21N5OS2. The molecule has 0 saturated carbocycles. The van der Waals surface area contributed by atoms with Crippen LogP contribution in [0.4, 0.5) is 5.13 Å². The highest BCUT2D eigenvalue weighted by Crippen LogP contribution is 2.27. The molecule has 0 spiro atoms. The highest BCUT2D eigenvalue weighted by atomic mass is 32.2. The molecular weight excluding hydrogens is 306 g/mol. The molecule has 0 unspecified atom stereocenters. The van der Waals surface area contributed by atoms with Gasteiger partial charge in [-0.3, -0.25) is 0 Å². The van der Waals surface area contributed by atoms with Gasteiger partial charge in [0.1, 0.15) is 0 Å². The molecule has 0 aliphatic rings. The van der Waals surface area contributed by atoms with Crippen LogP contribution in [0.15, 0.2) is 8.86 Å². The first kappa shape index (κ1) is 16.2. The fourth-order valence-corrected chi connectivity index (χ4v) is 3.14. The molecule has 0 fully saturated rings. The Kier molecular flexibility index (Phi) is 5.98. The zero-order valence-electron chi connectivity index (χ0n) is 12.8. The highest BCUT2D eigenvalue weighted by molar-refractivity contribution is 8.00. The van der Waals surface area contributed by atoms with Crippen LogP contribution in [0.25, 0.3) is 0 Å². The lowest BCUT2D eigenvalue weighted by Gasteiger charge is -2.03. The second-order valence-electron chi connectivity index (χ2n) is 5.64. The lowest BCUT2D eigenvalue weighted by atomic mass is 10.1. The fraction of sp³-hybridized carbons (Fsp3) is 0.692. The van der Waals surface area contributed by atoms with Crippen LogP contribution >= 0.6 is 23.1 Å². The molecule has 0 atom stereocenters. The van der Waals surface area contributed by atoms with Gasteiger partial charge >= 0.3 is 0 Å². The van der Waals surface area contributed by atoms with E-state index >= 15 is 0 Å². The van der Waals surface area contributed by atoms with Gasteiger partial charge < -0.3 is 9.84 Å². The van der Waals surface area contributed by atoms with Gasteiger partial charge in [0.2, 0.25) is 11.0 Å². The maximum absolute atomic E-state index is 5.21. The van der Waals surface area contributed by atoms with Gasteiger partial charge in [-0.15, -0.1) is 10.2 Å². The summed E-state index contributed by atoms with van der Waals surface area (Å²) in [4.78, 5) is 4.37. The third-order valence-electron chi connectivity index (χ3n) is 2.49. The van der Waals surface area contributed by atoms with Crippen molar-refractivity contribution in [2.75, 3.05) is 11.9 Å². The standard InChI is InChI=1S/C13H21N5OS2/c1-8(2)5-11-15-10(18-19-11)7-20-13-17-16-12(21-13)14-6-9(3)4/h8-9H,5-7H2,1-4H3,(H,14,16). The Labute approximate surface area is 133 Å². The normalized spacial score (nSPS) is 11.5. The molecule has 8 heteroatoms. The molecule has 0 aromatic carbocycles. The van der Waals surface area contributed by atoms with E-state index in [0.717, 1.165) is 22.4 Å². The van der Waals surface area contributed by atoms with Crippen molar-refractivity contribution in [1.82, 2.24) is 20.3 Å². The predicted molar refractivity (Wildman–Crippen MR) is 85.6 cm³/mol. The van der Waals surface area contributed by atoms with E-state index in [4.69, 9.17) is 4.52 Å². The van der Waals surface area contributed by atoms with Crippen LogP contribution in [0.2, 0.25) is 0 Å². The minimum Gasteiger partial charge on any atom is -0.360 e. The molecule has 1 N–H and O–H groups in total. The summed E-state index contributed by atoms with van der Waals surface area (Å²) in [6.07, 6.45) is 0.819. The van der Waals surface area contributed by atoms with Crippen molar-refractivity contribution in [3.8, 4) is 0 Å². The van der Waals surface area contributed by atoms with Gasteiger partial charge in [-0.2, -0.15) is 4.98 Å². The molecule has 2 rings (SSSR count). The molecule has 0 amide bonds. The third-order valence-corrected chi connectivity index (χ3v) is 4.50. The Morgan fingerprint density at radius 3 is 2.71 bits per heavy atom. The van der Waals surface area contributed by atoms with Crippen molar-refractivity contribution >= 4 is 28.2 Å². The van der Waals surface area contributed by atoms with Crippen molar-refractivity contribution in [3.63, 3.8) is 0 Å². The number of rotatable bonds is 8. The van der Waals surface area contributed by atoms with E-state index in [1.807, 2.05) is 0 Å². The van der Waals surface area contributed by atoms with E-state index in [1.54, 1.807) is 23.1 Å². The van der Waals surface area contributed by atoms with Crippen LogP contribution in [-0.2, 0) is 12.2 Å². The van der Waals surface area contributed by atoms with Crippen molar-refractivity contribution in [2.24, 2.45) is 11.8 Å². The number of hydrogen-bond donors (Lipinski definition) is 1. The average Bonchev–Trinajstić information content (AvgIpc) is 3.02. The zero-order valence-corrected chi connectivity index (χ0v) is 14.4. The minimum atomic E-state index is 0.517. The molecule has 0 radical (unpaired) electrons. The van der Waals surface area contributed by atoms with Gasteiger partial charge in [-0.25, -0.2) is 0 Å². The Balaban J connectivity index is 1.81.